The van der Waals surface area contributed by atoms with Crippen molar-refractivity contribution in [3.05, 3.63) is 54.0 Å². The number of aromatic nitrogens is 3. The first-order valence-corrected chi connectivity index (χ1v) is 6.59. The lowest BCUT2D eigenvalue weighted by Crippen LogP contribution is -2.16. The Hall–Kier alpha value is -3.22. The fourth-order valence-corrected chi connectivity index (χ4v) is 2.08. The number of hydrogen-bond acceptors (Lipinski definition) is 4. The third-order valence-electron chi connectivity index (χ3n) is 3.17. The van der Waals surface area contributed by atoms with Crippen molar-refractivity contribution in [2.24, 2.45) is 5.73 Å². The average Bonchev–Trinajstić information content (AvgIpc) is 2.95. The number of nitrogens with two attached hydrogens (primary N) is 1. The van der Waals surface area contributed by atoms with Crippen LogP contribution < -0.4 is 11.1 Å². The van der Waals surface area contributed by atoms with Crippen LogP contribution in [0.3, 0.4) is 0 Å². The number of pyridine rings is 1. The molecule has 0 aliphatic rings. The molecule has 0 aliphatic heterocycles. The fourth-order valence-electron chi connectivity index (χ4n) is 2.08. The zero-order valence-corrected chi connectivity index (χ0v) is 11.5. The number of hydrogen-bond donors (Lipinski definition) is 3. The summed E-state index contributed by atoms with van der Waals surface area (Å²) in [6.45, 7) is 0. The Morgan fingerprint density at radius 1 is 1.18 bits per heavy atom. The minimum atomic E-state index is -0.594. The lowest BCUT2D eigenvalue weighted by molar-refractivity contribution is -0.115. The van der Waals surface area contributed by atoms with Crippen LogP contribution in [0.4, 0.5) is 5.69 Å². The van der Waals surface area contributed by atoms with Crippen LogP contribution in [0, 0.1) is 0 Å². The van der Waals surface area contributed by atoms with Gasteiger partial charge in [-0.1, -0.05) is 6.07 Å². The van der Waals surface area contributed by atoms with Crippen LogP contribution in [-0.4, -0.2) is 27.0 Å². The van der Waals surface area contributed by atoms with E-state index in [9.17, 15) is 9.59 Å². The number of nitrogens with zero attached hydrogens (tertiary/aromatic N) is 2. The summed E-state index contributed by atoms with van der Waals surface area (Å²) in [6, 6.07) is 8.66. The molecule has 22 heavy (non-hydrogen) atoms. The second kappa shape index (κ2) is 5.65. The summed E-state index contributed by atoms with van der Waals surface area (Å²) in [4.78, 5) is 26.9. The van der Waals surface area contributed by atoms with Crippen LogP contribution in [0.1, 0.15) is 16.1 Å². The summed E-state index contributed by atoms with van der Waals surface area (Å²) in [6.07, 6.45) is 3.34. The van der Waals surface area contributed by atoms with Gasteiger partial charge in [-0.2, -0.15) is 5.10 Å². The zero-order chi connectivity index (χ0) is 15.5. The molecule has 0 aliphatic carbocycles. The van der Waals surface area contributed by atoms with Gasteiger partial charge in [0, 0.05) is 17.3 Å². The minimum Gasteiger partial charge on any atom is -0.364 e. The maximum absolute atomic E-state index is 12.0. The summed E-state index contributed by atoms with van der Waals surface area (Å²) in [5, 5.41) is 10.6. The highest BCUT2D eigenvalue weighted by atomic mass is 16.2. The average molecular weight is 295 g/mol. The lowest BCUT2D eigenvalue weighted by Gasteiger charge is -2.05. The molecule has 0 saturated carbocycles. The van der Waals surface area contributed by atoms with E-state index >= 15 is 0 Å². The molecule has 110 valence electrons. The minimum absolute atomic E-state index is 0.160. The van der Waals surface area contributed by atoms with Gasteiger partial charge in [-0.15, -0.1) is 0 Å². The normalized spacial score (nSPS) is 10.5. The molecule has 0 bridgehead atoms. The van der Waals surface area contributed by atoms with Gasteiger partial charge in [0.2, 0.25) is 5.91 Å². The first kappa shape index (κ1) is 13.7. The molecule has 0 unspecified atom stereocenters. The van der Waals surface area contributed by atoms with E-state index in [1.165, 1.54) is 12.3 Å². The van der Waals surface area contributed by atoms with Crippen LogP contribution in [-0.2, 0) is 11.2 Å². The Labute approximate surface area is 125 Å². The van der Waals surface area contributed by atoms with Gasteiger partial charge >= 0.3 is 0 Å². The number of aromatic amines is 1. The van der Waals surface area contributed by atoms with Crippen molar-refractivity contribution in [2.75, 3.05) is 5.32 Å². The quantitative estimate of drug-likeness (QED) is 0.671. The third-order valence-corrected chi connectivity index (χ3v) is 3.17. The number of carbonyl (C=O) groups is 2. The van der Waals surface area contributed by atoms with Gasteiger partial charge in [0.15, 0.2) is 0 Å². The number of rotatable bonds is 4. The molecule has 2 amide bonds. The van der Waals surface area contributed by atoms with Crippen molar-refractivity contribution in [3.63, 3.8) is 0 Å². The third kappa shape index (κ3) is 2.93. The summed E-state index contributed by atoms with van der Waals surface area (Å²) >= 11 is 0. The van der Waals surface area contributed by atoms with Crippen LogP contribution in [0.5, 0.6) is 0 Å². The maximum atomic E-state index is 12.0. The smallest absolute Gasteiger partial charge is 0.267 e. The van der Waals surface area contributed by atoms with Gasteiger partial charge in [-0.3, -0.25) is 19.7 Å². The summed E-state index contributed by atoms with van der Waals surface area (Å²) in [5.41, 5.74) is 7.52. The van der Waals surface area contributed by atoms with Crippen LogP contribution >= 0.6 is 0 Å². The standard InChI is InChI=1S/C15H13N5O2/c16-15(22)12-4-1-9(7-17-12)5-14(21)19-11-3-2-10-8-18-20-13(10)6-11/h1-4,6-8H,5H2,(H2,16,22)(H,18,20)(H,19,21). The first-order valence-electron chi connectivity index (χ1n) is 6.59. The highest BCUT2D eigenvalue weighted by Crippen LogP contribution is 2.16. The van der Waals surface area contributed by atoms with Gasteiger partial charge < -0.3 is 11.1 Å². The van der Waals surface area contributed by atoms with E-state index in [4.69, 9.17) is 5.73 Å². The van der Waals surface area contributed by atoms with E-state index in [1.807, 2.05) is 18.2 Å². The molecule has 3 rings (SSSR count). The second-order valence-corrected chi connectivity index (χ2v) is 4.81. The number of nitrogens with one attached hydrogen (secondary N) is 2. The number of fused-ring (bicyclic) bond motifs is 1. The molecule has 0 radical (unpaired) electrons. The molecule has 2 aromatic heterocycles. The van der Waals surface area contributed by atoms with Crippen LogP contribution in [0.25, 0.3) is 10.9 Å². The largest absolute Gasteiger partial charge is 0.364 e. The van der Waals surface area contributed by atoms with Crippen molar-refractivity contribution in [2.45, 2.75) is 6.42 Å². The van der Waals surface area contributed by atoms with Crippen molar-refractivity contribution in [1.82, 2.24) is 15.2 Å². The Bertz CT molecular complexity index is 839. The highest BCUT2D eigenvalue weighted by molar-refractivity contribution is 5.94. The number of benzene rings is 1. The van der Waals surface area contributed by atoms with Crippen molar-refractivity contribution in [1.29, 1.82) is 0 Å². The van der Waals surface area contributed by atoms with Gasteiger partial charge in [-0.05, 0) is 29.8 Å². The van der Waals surface area contributed by atoms with Gasteiger partial charge in [-0.25, -0.2) is 0 Å². The second-order valence-electron chi connectivity index (χ2n) is 4.81. The topological polar surface area (TPSA) is 114 Å². The molecule has 7 nitrogen and oxygen atoms in total. The first-order chi connectivity index (χ1) is 10.6. The van der Waals surface area contributed by atoms with Crippen molar-refractivity contribution >= 4 is 28.4 Å². The van der Waals surface area contributed by atoms with E-state index in [2.05, 4.69) is 20.5 Å². The van der Waals surface area contributed by atoms with E-state index in [-0.39, 0.29) is 18.0 Å². The predicted molar refractivity (Wildman–Crippen MR) is 81.2 cm³/mol. The predicted octanol–water partition coefficient (Wildman–Crippen LogP) is 1.24. The maximum Gasteiger partial charge on any atom is 0.267 e. The lowest BCUT2D eigenvalue weighted by atomic mass is 10.1. The molecule has 1 aromatic carbocycles. The molecule has 2 heterocycles. The van der Waals surface area contributed by atoms with Gasteiger partial charge in [0.1, 0.15) is 5.69 Å². The van der Waals surface area contributed by atoms with Crippen molar-refractivity contribution < 1.29 is 9.59 Å². The zero-order valence-electron chi connectivity index (χ0n) is 11.5. The molecule has 3 aromatic rings. The van der Waals surface area contributed by atoms with E-state index in [0.29, 0.717) is 11.3 Å². The molecule has 0 atom stereocenters. The Morgan fingerprint density at radius 2 is 2.05 bits per heavy atom. The van der Waals surface area contributed by atoms with Crippen molar-refractivity contribution in [3.8, 4) is 0 Å². The van der Waals surface area contributed by atoms with Gasteiger partial charge in [0.25, 0.3) is 5.91 Å². The van der Waals surface area contributed by atoms with E-state index in [1.54, 1.807) is 12.3 Å². The number of carbonyl (C=O) groups excluding carboxylic acids is 2. The molecule has 0 spiro atoms. The number of H-pyrrole nitrogens is 1. The van der Waals surface area contributed by atoms with Crippen LogP contribution in [0.2, 0.25) is 0 Å². The molecule has 0 saturated heterocycles. The van der Waals surface area contributed by atoms with Crippen LogP contribution in [0.15, 0.2) is 42.7 Å². The fraction of sp³-hybridized carbons (Fsp3) is 0.0667. The van der Waals surface area contributed by atoms with E-state index < -0.39 is 5.91 Å². The highest BCUT2D eigenvalue weighted by Gasteiger charge is 2.07. The molecular weight excluding hydrogens is 282 g/mol. The number of primary amides is 1. The number of amides is 2. The van der Waals surface area contributed by atoms with E-state index in [0.717, 1.165) is 10.9 Å². The summed E-state index contributed by atoms with van der Waals surface area (Å²) in [7, 11) is 0. The monoisotopic (exact) mass is 295 g/mol. The Morgan fingerprint density at radius 3 is 2.77 bits per heavy atom. The van der Waals surface area contributed by atoms with Gasteiger partial charge in [0.05, 0.1) is 18.1 Å². The molecule has 7 heteroatoms. The Balaban J connectivity index is 1.67. The molecule has 4 N–H and O–H groups in total. The molecule has 0 fully saturated rings. The molecular formula is C15H13N5O2. The SMILES string of the molecule is NC(=O)c1ccc(CC(=O)Nc2ccc3cn[nH]c3c2)cn1. The Kier molecular flexibility index (Phi) is 3.53. The summed E-state index contributed by atoms with van der Waals surface area (Å²) < 4.78 is 0. The number of anilines is 1. The summed E-state index contributed by atoms with van der Waals surface area (Å²) in [5.74, 6) is -0.767.